The highest BCUT2D eigenvalue weighted by molar-refractivity contribution is 5.95. The molecule has 30 heavy (non-hydrogen) atoms. The Hall–Kier alpha value is -4.00. The van der Waals surface area contributed by atoms with Gasteiger partial charge in [-0.25, -0.2) is 9.97 Å². The predicted molar refractivity (Wildman–Crippen MR) is 116 cm³/mol. The average Bonchev–Trinajstić information content (AvgIpc) is 3.17. The fraction of sp³-hybridized carbons (Fsp3) is 0.130. The summed E-state index contributed by atoms with van der Waals surface area (Å²) >= 11 is 0. The molecular weight excluding hydrogens is 378 g/mol. The van der Waals surface area contributed by atoms with E-state index >= 15 is 0 Å². The minimum Gasteiger partial charge on any atom is -0.361 e. The Morgan fingerprint density at radius 1 is 1.00 bits per heavy atom. The lowest BCUT2D eigenvalue weighted by molar-refractivity contribution is 0.0952. The number of nitrogens with zero attached hydrogens (tertiary/aromatic N) is 2. The number of aromatic amines is 1. The summed E-state index contributed by atoms with van der Waals surface area (Å²) < 4.78 is 0. The molecule has 7 nitrogen and oxygen atoms in total. The largest absolute Gasteiger partial charge is 0.361 e. The molecule has 0 saturated heterocycles. The average molecular weight is 399 g/mol. The second kappa shape index (κ2) is 8.57. The van der Waals surface area contributed by atoms with Gasteiger partial charge in [-0.3, -0.25) is 9.59 Å². The summed E-state index contributed by atoms with van der Waals surface area (Å²) in [5.74, 6) is 0.116. The Morgan fingerprint density at radius 3 is 2.60 bits per heavy atom. The first-order valence-electron chi connectivity index (χ1n) is 9.63. The van der Waals surface area contributed by atoms with E-state index in [9.17, 15) is 9.59 Å². The van der Waals surface area contributed by atoms with E-state index < -0.39 is 0 Å². The molecule has 1 amide bonds. The first-order chi connectivity index (χ1) is 14.6. The fourth-order valence-corrected chi connectivity index (χ4v) is 3.21. The van der Waals surface area contributed by atoms with Crippen molar-refractivity contribution in [1.29, 1.82) is 0 Å². The van der Waals surface area contributed by atoms with Crippen LogP contribution in [0.15, 0.2) is 67.1 Å². The molecule has 0 aliphatic rings. The molecule has 3 N–H and O–H groups in total. The molecule has 2 aromatic carbocycles. The van der Waals surface area contributed by atoms with E-state index in [4.69, 9.17) is 0 Å². The molecule has 0 fully saturated rings. The van der Waals surface area contributed by atoms with Gasteiger partial charge in [0.15, 0.2) is 5.78 Å². The van der Waals surface area contributed by atoms with Crippen LogP contribution in [0, 0.1) is 0 Å². The summed E-state index contributed by atoms with van der Waals surface area (Å²) in [6, 6.07) is 15.2. The minimum atomic E-state index is -0.222. The molecule has 0 atom stereocenters. The molecule has 2 heterocycles. The molecule has 2 aromatic heterocycles. The normalized spacial score (nSPS) is 10.7. The molecule has 0 saturated carbocycles. The zero-order valence-electron chi connectivity index (χ0n) is 16.5. The second-order valence-electron chi connectivity index (χ2n) is 6.92. The van der Waals surface area contributed by atoms with E-state index in [1.165, 1.54) is 24.7 Å². The molecule has 7 heteroatoms. The SMILES string of the molecule is CC(=O)c1cccc(Nc2ncc(C(=O)NCCc3c[nH]c4ccccc34)cn2)c1. The Morgan fingerprint density at radius 2 is 1.80 bits per heavy atom. The van der Waals surface area contributed by atoms with Crippen molar-refractivity contribution >= 4 is 34.2 Å². The van der Waals surface area contributed by atoms with Gasteiger partial charge in [-0.15, -0.1) is 0 Å². The van der Waals surface area contributed by atoms with Crippen molar-refractivity contribution < 1.29 is 9.59 Å². The number of Topliss-reactive ketones (excluding diaryl/α,β-unsaturated/α-hetero) is 1. The third kappa shape index (κ3) is 4.35. The van der Waals surface area contributed by atoms with Crippen molar-refractivity contribution in [3.8, 4) is 0 Å². The van der Waals surface area contributed by atoms with E-state index in [2.05, 4.69) is 31.7 Å². The summed E-state index contributed by atoms with van der Waals surface area (Å²) in [5, 5.41) is 7.10. The molecule has 4 aromatic rings. The van der Waals surface area contributed by atoms with Crippen LogP contribution in [0.2, 0.25) is 0 Å². The van der Waals surface area contributed by atoms with Gasteiger partial charge in [0.2, 0.25) is 5.95 Å². The lowest BCUT2D eigenvalue weighted by atomic mass is 10.1. The lowest BCUT2D eigenvalue weighted by Gasteiger charge is -2.07. The van der Waals surface area contributed by atoms with Gasteiger partial charge in [-0.2, -0.15) is 0 Å². The Balaban J connectivity index is 1.34. The summed E-state index contributed by atoms with van der Waals surface area (Å²) in [5.41, 5.74) is 3.94. The van der Waals surface area contributed by atoms with E-state index in [0.717, 1.165) is 17.5 Å². The van der Waals surface area contributed by atoms with Gasteiger partial charge in [0, 0.05) is 47.3 Å². The van der Waals surface area contributed by atoms with Crippen molar-refractivity contribution in [1.82, 2.24) is 20.3 Å². The van der Waals surface area contributed by atoms with Gasteiger partial charge >= 0.3 is 0 Å². The first-order valence-corrected chi connectivity index (χ1v) is 9.63. The number of benzene rings is 2. The number of hydrogen-bond acceptors (Lipinski definition) is 5. The molecule has 4 rings (SSSR count). The van der Waals surface area contributed by atoms with Gasteiger partial charge in [-0.05, 0) is 37.1 Å². The van der Waals surface area contributed by atoms with Crippen molar-refractivity contribution in [2.24, 2.45) is 0 Å². The Bertz CT molecular complexity index is 1200. The highest BCUT2D eigenvalue weighted by atomic mass is 16.1. The molecule has 150 valence electrons. The maximum Gasteiger partial charge on any atom is 0.254 e. The fourth-order valence-electron chi connectivity index (χ4n) is 3.21. The highest BCUT2D eigenvalue weighted by Gasteiger charge is 2.09. The van der Waals surface area contributed by atoms with E-state index in [1.807, 2.05) is 30.5 Å². The van der Waals surface area contributed by atoms with Crippen LogP contribution >= 0.6 is 0 Å². The van der Waals surface area contributed by atoms with E-state index in [-0.39, 0.29) is 11.7 Å². The number of hydrogen-bond donors (Lipinski definition) is 3. The van der Waals surface area contributed by atoms with Crippen molar-refractivity contribution in [3.05, 3.63) is 83.8 Å². The molecule has 0 radical (unpaired) electrons. The number of anilines is 2. The standard InChI is InChI=1S/C23H21N5O2/c1-15(29)16-5-4-6-19(11-16)28-23-26-13-18(14-27-23)22(30)24-10-9-17-12-25-21-8-3-2-7-20(17)21/h2-8,11-14,25H,9-10H2,1H3,(H,24,30)(H,26,27,28). The number of rotatable bonds is 7. The van der Waals surface area contributed by atoms with Crippen LogP contribution < -0.4 is 10.6 Å². The lowest BCUT2D eigenvalue weighted by Crippen LogP contribution is -2.26. The number of amides is 1. The van der Waals surface area contributed by atoms with E-state index in [0.29, 0.717) is 29.3 Å². The summed E-state index contributed by atoms with van der Waals surface area (Å²) in [4.78, 5) is 35.5. The monoisotopic (exact) mass is 399 g/mol. The number of ketones is 1. The Labute approximate surface area is 173 Å². The van der Waals surface area contributed by atoms with Crippen LogP contribution in [0.25, 0.3) is 10.9 Å². The van der Waals surface area contributed by atoms with Crippen LogP contribution in [-0.2, 0) is 6.42 Å². The van der Waals surface area contributed by atoms with Crippen LogP contribution in [0.1, 0.15) is 33.2 Å². The van der Waals surface area contributed by atoms with Gasteiger partial charge in [0.25, 0.3) is 5.91 Å². The maximum absolute atomic E-state index is 12.4. The van der Waals surface area contributed by atoms with Gasteiger partial charge in [0.05, 0.1) is 5.56 Å². The third-order valence-corrected chi connectivity index (χ3v) is 4.79. The summed E-state index contributed by atoms with van der Waals surface area (Å²) in [7, 11) is 0. The van der Waals surface area contributed by atoms with Crippen molar-refractivity contribution in [2.75, 3.05) is 11.9 Å². The molecule has 0 aliphatic carbocycles. The Kier molecular flexibility index (Phi) is 5.52. The van der Waals surface area contributed by atoms with Crippen LogP contribution in [0.3, 0.4) is 0 Å². The molecule has 0 spiro atoms. The van der Waals surface area contributed by atoms with Gasteiger partial charge in [-0.1, -0.05) is 30.3 Å². The quantitative estimate of drug-likeness (QED) is 0.410. The predicted octanol–water partition coefficient (Wildman–Crippen LogP) is 3.88. The maximum atomic E-state index is 12.4. The molecule has 0 bridgehead atoms. The number of carbonyl (C=O) groups is 2. The third-order valence-electron chi connectivity index (χ3n) is 4.79. The summed E-state index contributed by atoms with van der Waals surface area (Å²) in [6.07, 6.45) is 5.65. The number of para-hydroxylation sites is 1. The van der Waals surface area contributed by atoms with Crippen molar-refractivity contribution in [2.45, 2.75) is 13.3 Å². The number of carbonyl (C=O) groups excluding carboxylic acids is 2. The topological polar surface area (TPSA) is 99.8 Å². The summed E-state index contributed by atoms with van der Waals surface area (Å²) in [6.45, 7) is 2.03. The number of aromatic nitrogens is 3. The van der Waals surface area contributed by atoms with Crippen LogP contribution in [-0.4, -0.2) is 33.2 Å². The van der Waals surface area contributed by atoms with Crippen LogP contribution in [0.5, 0.6) is 0 Å². The zero-order chi connectivity index (χ0) is 20.9. The molecular formula is C23H21N5O2. The molecule has 0 unspecified atom stereocenters. The van der Waals surface area contributed by atoms with Crippen LogP contribution in [0.4, 0.5) is 11.6 Å². The highest BCUT2D eigenvalue weighted by Crippen LogP contribution is 2.18. The minimum absolute atomic E-state index is 0.0146. The zero-order valence-corrected chi connectivity index (χ0v) is 16.5. The second-order valence-corrected chi connectivity index (χ2v) is 6.92. The first kappa shape index (κ1) is 19.3. The van der Waals surface area contributed by atoms with Crippen molar-refractivity contribution in [3.63, 3.8) is 0 Å². The molecule has 0 aliphatic heterocycles. The number of fused-ring (bicyclic) bond motifs is 1. The van der Waals surface area contributed by atoms with Gasteiger partial charge < -0.3 is 15.6 Å². The smallest absolute Gasteiger partial charge is 0.254 e. The number of nitrogens with one attached hydrogen (secondary N) is 3. The van der Waals surface area contributed by atoms with E-state index in [1.54, 1.807) is 18.2 Å². The van der Waals surface area contributed by atoms with Gasteiger partial charge in [0.1, 0.15) is 0 Å². The number of H-pyrrole nitrogens is 1.